The minimum Gasteiger partial charge on any atom is -0.293 e. The van der Waals surface area contributed by atoms with Gasteiger partial charge in [0.25, 0.3) is 0 Å². The normalized spacial score (nSPS) is 12.0. The number of rotatable bonds is 33. The first-order valence-corrected chi connectivity index (χ1v) is 48.5. The van der Waals surface area contributed by atoms with Crippen LogP contribution in [0.1, 0.15) is 261 Å². The van der Waals surface area contributed by atoms with Gasteiger partial charge < -0.3 is 0 Å². The second-order valence-electron chi connectivity index (χ2n) is 35.5. The number of hydrogen-bond acceptors (Lipinski definition) is 8. The fraction of sp³-hybridized carbons (Fsp3) is 0.271. The Balaban J connectivity index is 0.000000153. The number of ketones is 4. The van der Waals surface area contributed by atoms with Crippen molar-refractivity contribution >= 4 is 68.5 Å². The van der Waals surface area contributed by atoms with E-state index in [0.29, 0.717) is 36.0 Å². The summed E-state index contributed by atoms with van der Waals surface area (Å²) in [6.07, 6.45) is 8.51. The molecule has 4 heterocycles. The molecule has 0 bridgehead atoms. The van der Waals surface area contributed by atoms with Crippen LogP contribution in [0, 0.1) is 30.6 Å². The SMILES string of the molecule is CC(C)c1cccc(Cc2cccc(-c3ccc(C(=O)C(Cc4ccccc4)C(C)C)s3)c2)c1.CC(CCc1ccccc1)C(=O)c1ccc(-c2cccc(Cc3cccc(C(C)C)c3)c2)s1.CCC(C)C(=O)c1ccc(-c2cccc(Cc3cccc(C(C)C)c3)c2)s1.Cc1ccccc1CCC(=O)c1ccc(-c2cccc(Cc3cccc(C(C)C)c3)c2)s1. The summed E-state index contributed by atoms with van der Waals surface area (Å²) in [6.45, 7) is 30.4. The van der Waals surface area contributed by atoms with E-state index in [4.69, 9.17) is 0 Å². The quantitative estimate of drug-likeness (QED) is 0.0384. The Hall–Kier alpha value is -11.1. The first-order chi connectivity index (χ1) is 60.9. The molecule has 0 aliphatic heterocycles. The van der Waals surface area contributed by atoms with E-state index in [0.717, 1.165) is 91.9 Å². The minimum absolute atomic E-state index is 0.00605. The van der Waals surface area contributed by atoms with Crippen LogP contribution in [-0.2, 0) is 44.9 Å². The van der Waals surface area contributed by atoms with Crippen molar-refractivity contribution in [2.45, 2.75) is 185 Å². The second-order valence-corrected chi connectivity index (χ2v) is 39.8. The Bertz CT molecular complexity index is 6030. The topological polar surface area (TPSA) is 68.3 Å². The number of thiophene rings is 4. The van der Waals surface area contributed by atoms with Gasteiger partial charge in [0.2, 0.25) is 0 Å². The Kier molecular flexibility index (Phi) is 34.6. The Morgan fingerprint density at radius 3 is 0.929 bits per heavy atom. The third-order valence-electron chi connectivity index (χ3n) is 23.9. The number of aryl methyl sites for hydroxylation is 3. The molecular weight excluding hydrogens is 1610 g/mol. The summed E-state index contributed by atoms with van der Waals surface area (Å²) in [5.74, 6) is 3.56. The minimum atomic E-state index is -0.00605. The van der Waals surface area contributed by atoms with Gasteiger partial charge in [-0.15, -0.1) is 45.3 Å². The van der Waals surface area contributed by atoms with Gasteiger partial charge in [0.05, 0.1) is 19.5 Å². The molecule has 15 rings (SSSR count). The van der Waals surface area contributed by atoms with Crippen molar-refractivity contribution in [2.24, 2.45) is 23.7 Å². The molecule has 3 unspecified atom stereocenters. The number of benzene rings is 11. The van der Waals surface area contributed by atoms with Crippen LogP contribution >= 0.6 is 45.3 Å². The molecule has 0 saturated heterocycles. The summed E-state index contributed by atoms with van der Waals surface area (Å²) in [6, 6.07) is 116. The molecule has 0 spiro atoms. The van der Waals surface area contributed by atoms with Gasteiger partial charge >= 0.3 is 0 Å². The zero-order chi connectivity index (χ0) is 89.2. The van der Waals surface area contributed by atoms with Crippen LogP contribution in [0.5, 0.6) is 0 Å². The van der Waals surface area contributed by atoms with Crippen molar-refractivity contribution < 1.29 is 19.2 Å². The molecule has 3 atom stereocenters. The maximum atomic E-state index is 13.4. The fourth-order valence-corrected chi connectivity index (χ4v) is 19.9. The van der Waals surface area contributed by atoms with Crippen molar-refractivity contribution in [1.82, 2.24) is 0 Å². The lowest BCUT2D eigenvalue weighted by Gasteiger charge is -2.19. The van der Waals surface area contributed by atoms with Gasteiger partial charge in [0, 0.05) is 43.7 Å². The van der Waals surface area contributed by atoms with Crippen molar-refractivity contribution in [3.8, 4) is 41.8 Å². The fourth-order valence-electron chi connectivity index (χ4n) is 15.8. The molecule has 4 nitrogen and oxygen atoms in total. The molecule has 0 aliphatic rings. The Morgan fingerprint density at radius 2 is 0.579 bits per heavy atom. The Morgan fingerprint density at radius 1 is 0.278 bits per heavy atom. The van der Waals surface area contributed by atoms with Crippen molar-refractivity contribution in [2.75, 3.05) is 0 Å². The zero-order valence-corrected chi connectivity index (χ0v) is 79.4. The molecule has 0 radical (unpaired) electrons. The maximum Gasteiger partial charge on any atom is 0.176 e. The summed E-state index contributed by atoms with van der Waals surface area (Å²) in [4.78, 5) is 59.7. The predicted molar refractivity (Wildman–Crippen MR) is 541 cm³/mol. The van der Waals surface area contributed by atoms with Crippen LogP contribution in [0.4, 0.5) is 0 Å². The van der Waals surface area contributed by atoms with Crippen LogP contribution in [0.15, 0.2) is 328 Å². The predicted octanol–water partition coefficient (Wildman–Crippen LogP) is 33.0. The van der Waals surface area contributed by atoms with E-state index >= 15 is 0 Å². The second kappa shape index (κ2) is 46.4. The Labute approximate surface area is 768 Å². The van der Waals surface area contributed by atoms with Crippen molar-refractivity contribution in [3.05, 3.63) is 436 Å². The third kappa shape index (κ3) is 27.2. The van der Waals surface area contributed by atoms with E-state index < -0.39 is 0 Å². The maximum absolute atomic E-state index is 13.4. The zero-order valence-electron chi connectivity index (χ0n) is 76.1. The van der Waals surface area contributed by atoms with Gasteiger partial charge in [0.15, 0.2) is 23.1 Å². The van der Waals surface area contributed by atoms with E-state index in [9.17, 15) is 19.2 Å². The van der Waals surface area contributed by atoms with Gasteiger partial charge in [-0.05, 0) is 254 Å². The third-order valence-corrected chi connectivity index (χ3v) is 28.5. The van der Waals surface area contributed by atoms with E-state index in [-0.39, 0.29) is 40.9 Å². The van der Waals surface area contributed by atoms with Gasteiger partial charge in [0.1, 0.15) is 0 Å². The van der Waals surface area contributed by atoms with E-state index in [1.165, 1.54) is 116 Å². The van der Waals surface area contributed by atoms with Crippen LogP contribution in [-0.4, -0.2) is 23.1 Å². The lowest BCUT2D eigenvalue weighted by molar-refractivity contribution is 0.0886. The average molecular weight is 1730 g/mol. The molecule has 8 heteroatoms. The number of Topliss-reactive ketones (excluding diaryl/α,β-unsaturated/α-hetero) is 4. The summed E-state index contributed by atoms with van der Waals surface area (Å²) in [5.41, 5.74) is 25.9. The molecule has 0 saturated carbocycles. The molecule has 0 amide bonds. The van der Waals surface area contributed by atoms with E-state index in [1.54, 1.807) is 45.3 Å². The highest BCUT2D eigenvalue weighted by Crippen LogP contribution is 2.38. The van der Waals surface area contributed by atoms with Crippen molar-refractivity contribution in [1.29, 1.82) is 0 Å². The monoisotopic (exact) mass is 1730 g/mol. The molecule has 11 aromatic carbocycles. The molecule has 0 N–H and O–H groups in total. The lowest BCUT2D eigenvalue weighted by Crippen LogP contribution is -2.22. The van der Waals surface area contributed by atoms with Gasteiger partial charge in [-0.25, -0.2) is 0 Å². The van der Waals surface area contributed by atoms with Gasteiger partial charge in [-0.1, -0.05) is 369 Å². The van der Waals surface area contributed by atoms with Gasteiger partial charge in [-0.3, -0.25) is 19.2 Å². The molecular formula is C118H124O4S4. The largest absolute Gasteiger partial charge is 0.293 e. The molecule has 15 aromatic rings. The van der Waals surface area contributed by atoms with Gasteiger partial charge in [-0.2, -0.15) is 0 Å². The standard InChI is InChI=1S/C32H34OS.C31H32OS.C30H30OS.C25H28OS/c1-22(2)27-14-8-12-25(19-27)18-26-13-9-15-28(20-26)30-16-17-31(34-30)32(33)29(23(3)4)21-24-10-6-5-7-11-24;1-22(2)27-13-7-11-25(20-27)19-26-12-8-14-28(21-26)29-17-18-30(33-29)31(32)23(3)15-16-24-9-5-4-6-10-24;1-21(2)26-12-6-9-23(19-26)18-24-10-7-13-27(20-24)29-16-17-30(32-29)28(31)15-14-25-11-5-4-8-22(25)3;1-5-18(4)25(26)24-13-12-23(27-24)22-11-7-9-20(16-22)14-19-8-6-10-21(15-19)17(2)3/h5-17,19-20,22-23,29H,18,21H2,1-4H3;4-14,17-18,20-23H,15-16,19H2,1-3H3;4-13,16-17,19-21H,14-15,18H2,1-3H3;6-13,15-18H,5,14H2,1-4H3. The molecule has 644 valence electrons. The molecule has 4 aromatic heterocycles. The van der Waals surface area contributed by atoms with E-state index in [2.05, 4.69) is 357 Å². The highest BCUT2D eigenvalue weighted by Gasteiger charge is 2.27. The average Bonchev–Trinajstić information content (AvgIpc) is 1.67. The summed E-state index contributed by atoms with van der Waals surface area (Å²) < 4.78 is 0. The first-order valence-electron chi connectivity index (χ1n) is 45.3. The number of hydrogen-bond donors (Lipinski definition) is 0. The molecule has 0 aliphatic carbocycles. The highest BCUT2D eigenvalue weighted by molar-refractivity contribution is 7.18. The van der Waals surface area contributed by atoms with Crippen molar-refractivity contribution in [3.63, 3.8) is 0 Å². The first kappa shape index (κ1) is 94.0. The van der Waals surface area contributed by atoms with Crippen LogP contribution < -0.4 is 0 Å². The summed E-state index contributed by atoms with van der Waals surface area (Å²) in [7, 11) is 0. The van der Waals surface area contributed by atoms with Crippen LogP contribution in [0.25, 0.3) is 41.8 Å². The smallest absolute Gasteiger partial charge is 0.176 e. The summed E-state index contributed by atoms with van der Waals surface area (Å²) in [5, 5.41) is 0. The molecule has 0 fully saturated rings. The highest BCUT2D eigenvalue weighted by atomic mass is 32.1. The lowest BCUT2D eigenvalue weighted by atomic mass is 9.85. The van der Waals surface area contributed by atoms with E-state index in [1.807, 2.05) is 67.6 Å². The number of carbonyl (C=O) groups is 4. The number of carbonyl (C=O) groups excluding carboxylic acids is 4. The van der Waals surface area contributed by atoms with Crippen LogP contribution in [0.2, 0.25) is 0 Å². The molecule has 126 heavy (non-hydrogen) atoms. The van der Waals surface area contributed by atoms with Crippen LogP contribution in [0.3, 0.4) is 0 Å². The summed E-state index contributed by atoms with van der Waals surface area (Å²) >= 11 is 6.45.